The summed E-state index contributed by atoms with van der Waals surface area (Å²) in [6.07, 6.45) is 2.87. The maximum absolute atomic E-state index is 12.7. The number of rotatable bonds is 4. The van der Waals surface area contributed by atoms with Crippen molar-refractivity contribution < 1.29 is 9.59 Å². The quantitative estimate of drug-likeness (QED) is 0.735. The van der Waals surface area contributed by atoms with Crippen LogP contribution in [0.4, 0.5) is 11.4 Å². The normalized spacial score (nSPS) is 14.1. The van der Waals surface area contributed by atoms with Crippen LogP contribution in [-0.2, 0) is 16.1 Å². The van der Waals surface area contributed by atoms with Gasteiger partial charge in [-0.05, 0) is 50.1 Å². The molecule has 1 N–H and O–H groups in total. The number of fused-ring (bicyclic) bond motifs is 1. The van der Waals surface area contributed by atoms with Gasteiger partial charge < -0.3 is 10.2 Å². The van der Waals surface area contributed by atoms with Gasteiger partial charge in [0.2, 0.25) is 11.8 Å². The van der Waals surface area contributed by atoms with E-state index in [4.69, 9.17) is 0 Å². The second-order valence-corrected chi connectivity index (χ2v) is 8.09. The van der Waals surface area contributed by atoms with Crippen LogP contribution >= 0.6 is 11.3 Å². The average Bonchev–Trinajstić information content (AvgIpc) is 3.22. The van der Waals surface area contributed by atoms with E-state index in [2.05, 4.69) is 10.3 Å². The van der Waals surface area contributed by atoms with Gasteiger partial charge in [-0.1, -0.05) is 0 Å². The molecule has 2 aromatic heterocycles. The predicted molar refractivity (Wildman–Crippen MR) is 110 cm³/mol. The van der Waals surface area contributed by atoms with Gasteiger partial charge in [0.15, 0.2) is 0 Å². The highest BCUT2D eigenvalue weighted by Gasteiger charge is 2.21. The van der Waals surface area contributed by atoms with Crippen molar-refractivity contribution in [2.24, 2.45) is 0 Å². The summed E-state index contributed by atoms with van der Waals surface area (Å²) in [6, 6.07) is 7.15. The summed E-state index contributed by atoms with van der Waals surface area (Å²) < 4.78 is 1.33. The van der Waals surface area contributed by atoms with Gasteiger partial charge in [-0.15, -0.1) is 11.3 Å². The first-order valence-electron chi connectivity index (χ1n) is 9.09. The number of aromatic nitrogens is 2. The van der Waals surface area contributed by atoms with E-state index in [1.165, 1.54) is 22.2 Å². The Morgan fingerprint density at radius 2 is 1.96 bits per heavy atom. The van der Waals surface area contributed by atoms with Crippen LogP contribution in [0, 0.1) is 13.8 Å². The van der Waals surface area contributed by atoms with E-state index >= 15 is 0 Å². The van der Waals surface area contributed by atoms with E-state index in [1.807, 2.05) is 26.0 Å². The number of aryl methyl sites for hydroxylation is 2. The molecule has 4 rings (SSSR count). The van der Waals surface area contributed by atoms with E-state index in [1.54, 1.807) is 17.0 Å². The van der Waals surface area contributed by atoms with Gasteiger partial charge in [0.05, 0.1) is 11.7 Å². The fourth-order valence-electron chi connectivity index (χ4n) is 3.38. The predicted octanol–water partition coefficient (Wildman–Crippen LogP) is 2.84. The van der Waals surface area contributed by atoms with Gasteiger partial charge in [-0.2, -0.15) is 0 Å². The highest BCUT2D eigenvalue weighted by molar-refractivity contribution is 7.18. The third kappa shape index (κ3) is 3.31. The lowest BCUT2D eigenvalue weighted by Gasteiger charge is -2.16. The molecular formula is C20H20N4O3S. The Balaban J connectivity index is 1.48. The van der Waals surface area contributed by atoms with E-state index in [-0.39, 0.29) is 23.9 Å². The van der Waals surface area contributed by atoms with Crippen molar-refractivity contribution in [3.05, 3.63) is 51.4 Å². The summed E-state index contributed by atoms with van der Waals surface area (Å²) in [7, 11) is 0. The fraction of sp³-hybridized carbons (Fsp3) is 0.300. The van der Waals surface area contributed by atoms with Crippen molar-refractivity contribution in [3.8, 4) is 0 Å². The summed E-state index contributed by atoms with van der Waals surface area (Å²) in [5.74, 6) is -0.184. The number of hydrogen-bond donors (Lipinski definition) is 1. The number of nitrogens with zero attached hydrogens (tertiary/aromatic N) is 3. The van der Waals surface area contributed by atoms with Gasteiger partial charge in [-0.3, -0.25) is 19.0 Å². The van der Waals surface area contributed by atoms with Crippen LogP contribution in [0.25, 0.3) is 10.2 Å². The van der Waals surface area contributed by atoms with Crippen molar-refractivity contribution >= 4 is 44.7 Å². The molecule has 1 aromatic carbocycles. The molecule has 144 valence electrons. The van der Waals surface area contributed by atoms with Gasteiger partial charge in [0, 0.05) is 29.2 Å². The summed E-state index contributed by atoms with van der Waals surface area (Å²) in [5.41, 5.74) is 2.16. The van der Waals surface area contributed by atoms with E-state index in [0.717, 1.165) is 29.1 Å². The van der Waals surface area contributed by atoms with Crippen molar-refractivity contribution in [1.82, 2.24) is 9.55 Å². The standard InChI is InChI=1S/C20H20N4O3S/c1-12-13(2)28-19-18(12)20(27)23(11-21-19)10-16(25)22-14-5-7-15(8-6-14)24-9-3-4-17(24)26/h5-8,11H,3-4,9-10H2,1-2H3,(H,22,25). The number of carbonyl (C=O) groups is 2. The average molecular weight is 396 g/mol. The Labute approximate surface area is 165 Å². The molecule has 3 aromatic rings. The SMILES string of the molecule is Cc1sc2ncn(CC(=O)Nc3ccc(N4CCCC4=O)cc3)c(=O)c2c1C. The molecule has 0 bridgehead atoms. The highest BCUT2D eigenvalue weighted by Crippen LogP contribution is 2.25. The zero-order valence-electron chi connectivity index (χ0n) is 15.7. The molecule has 7 nitrogen and oxygen atoms in total. The molecule has 0 spiro atoms. The summed E-state index contributed by atoms with van der Waals surface area (Å²) >= 11 is 1.48. The van der Waals surface area contributed by atoms with Crippen LogP contribution < -0.4 is 15.8 Å². The molecule has 28 heavy (non-hydrogen) atoms. The molecule has 0 unspecified atom stereocenters. The minimum absolute atomic E-state index is 0.109. The maximum Gasteiger partial charge on any atom is 0.262 e. The minimum atomic E-state index is -0.308. The van der Waals surface area contributed by atoms with Crippen molar-refractivity contribution in [3.63, 3.8) is 0 Å². The lowest BCUT2D eigenvalue weighted by molar-refractivity contribution is -0.117. The molecule has 3 heterocycles. The summed E-state index contributed by atoms with van der Waals surface area (Å²) in [4.78, 5) is 44.7. The van der Waals surface area contributed by atoms with Crippen LogP contribution in [0.2, 0.25) is 0 Å². The zero-order valence-corrected chi connectivity index (χ0v) is 16.5. The summed E-state index contributed by atoms with van der Waals surface area (Å²) in [6.45, 7) is 4.47. The first-order valence-corrected chi connectivity index (χ1v) is 9.91. The van der Waals surface area contributed by atoms with Crippen molar-refractivity contribution in [2.45, 2.75) is 33.2 Å². The molecule has 1 aliphatic heterocycles. The third-order valence-corrected chi connectivity index (χ3v) is 6.12. The second kappa shape index (κ2) is 7.20. The Bertz CT molecular complexity index is 1130. The van der Waals surface area contributed by atoms with Gasteiger partial charge in [-0.25, -0.2) is 4.98 Å². The van der Waals surface area contributed by atoms with Gasteiger partial charge >= 0.3 is 0 Å². The molecule has 0 saturated carbocycles. The number of benzene rings is 1. The zero-order chi connectivity index (χ0) is 19.8. The molecule has 2 amide bonds. The Hall–Kier alpha value is -3.00. The highest BCUT2D eigenvalue weighted by atomic mass is 32.1. The number of anilines is 2. The number of amides is 2. The Morgan fingerprint density at radius 3 is 2.64 bits per heavy atom. The molecule has 8 heteroatoms. The van der Waals surface area contributed by atoms with Crippen LogP contribution in [0.15, 0.2) is 35.4 Å². The topological polar surface area (TPSA) is 84.3 Å². The Kier molecular flexibility index (Phi) is 4.72. The fourth-order valence-corrected chi connectivity index (χ4v) is 4.37. The molecule has 1 saturated heterocycles. The number of hydrogen-bond acceptors (Lipinski definition) is 5. The van der Waals surface area contributed by atoms with Gasteiger partial charge in [0.1, 0.15) is 11.4 Å². The minimum Gasteiger partial charge on any atom is -0.325 e. The maximum atomic E-state index is 12.7. The number of nitrogens with one attached hydrogen (secondary N) is 1. The third-order valence-electron chi connectivity index (χ3n) is 5.01. The van der Waals surface area contributed by atoms with E-state index in [9.17, 15) is 14.4 Å². The van der Waals surface area contributed by atoms with Crippen molar-refractivity contribution in [2.75, 3.05) is 16.8 Å². The van der Waals surface area contributed by atoms with Gasteiger partial charge in [0.25, 0.3) is 5.56 Å². The van der Waals surface area contributed by atoms with E-state index in [0.29, 0.717) is 22.3 Å². The smallest absolute Gasteiger partial charge is 0.262 e. The first-order chi connectivity index (χ1) is 13.4. The van der Waals surface area contributed by atoms with Crippen molar-refractivity contribution in [1.29, 1.82) is 0 Å². The lowest BCUT2D eigenvalue weighted by Crippen LogP contribution is -2.28. The number of carbonyl (C=O) groups excluding carboxylic acids is 2. The largest absolute Gasteiger partial charge is 0.325 e. The van der Waals surface area contributed by atoms with Crippen LogP contribution in [0.5, 0.6) is 0 Å². The molecule has 0 radical (unpaired) electrons. The lowest BCUT2D eigenvalue weighted by atomic mass is 10.2. The van der Waals surface area contributed by atoms with Crippen LogP contribution in [-0.4, -0.2) is 27.9 Å². The van der Waals surface area contributed by atoms with E-state index < -0.39 is 0 Å². The molecule has 1 aliphatic rings. The molecule has 1 fully saturated rings. The molecular weight excluding hydrogens is 376 g/mol. The first kappa shape index (κ1) is 18.4. The Morgan fingerprint density at radius 1 is 1.21 bits per heavy atom. The van der Waals surface area contributed by atoms with Crippen LogP contribution in [0.3, 0.4) is 0 Å². The van der Waals surface area contributed by atoms with Crippen LogP contribution in [0.1, 0.15) is 23.3 Å². The monoisotopic (exact) mass is 396 g/mol. The second-order valence-electron chi connectivity index (χ2n) is 6.89. The molecule has 0 aliphatic carbocycles. The molecule has 0 atom stereocenters. The summed E-state index contributed by atoms with van der Waals surface area (Å²) in [5, 5.41) is 3.37. The number of thiophene rings is 1.